The van der Waals surface area contributed by atoms with Gasteiger partial charge in [-0.25, -0.2) is 4.39 Å². The van der Waals surface area contributed by atoms with Gasteiger partial charge < -0.3 is 19.7 Å². The zero-order chi connectivity index (χ0) is 21.7. The summed E-state index contributed by atoms with van der Waals surface area (Å²) < 4.78 is 25.6. The number of hydrogen-bond donors (Lipinski definition) is 1. The Morgan fingerprint density at radius 3 is 2.39 bits per heavy atom. The van der Waals surface area contributed by atoms with Crippen molar-refractivity contribution in [3.63, 3.8) is 0 Å². The molecule has 2 aliphatic heterocycles. The summed E-state index contributed by atoms with van der Waals surface area (Å²) in [6.45, 7) is 2.39. The highest BCUT2D eigenvalue weighted by Crippen LogP contribution is 2.37. The van der Waals surface area contributed by atoms with Gasteiger partial charge in [-0.2, -0.15) is 0 Å². The van der Waals surface area contributed by atoms with E-state index in [0.29, 0.717) is 43.1 Å². The monoisotopic (exact) mass is 426 g/mol. The van der Waals surface area contributed by atoms with Crippen LogP contribution in [0.15, 0.2) is 48.5 Å². The van der Waals surface area contributed by atoms with E-state index in [0.717, 1.165) is 25.9 Å². The van der Waals surface area contributed by atoms with E-state index in [1.807, 2.05) is 4.90 Å². The van der Waals surface area contributed by atoms with Crippen LogP contribution in [0, 0.1) is 5.82 Å². The first-order valence-corrected chi connectivity index (χ1v) is 10.7. The summed E-state index contributed by atoms with van der Waals surface area (Å²) in [4.78, 5) is 27.2. The van der Waals surface area contributed by atoms with Gasteiger partial charge in [0.2, 0.25) is 5.91 Å². The average molecular weight is 426 g/mol. The van der Waals surface area contributed by atoms with Crippen LogP contribution in [0.5, 0.6) is 5.75 Å². The van der Waals surface area contributed by atoms with Crippen molar-refractivity contribution >= 4 is 17.5 Å². The molecule has 6 nitrogen and oxygen atoms in total. The van der Waals surface area contributed by atoms with E-state index in [-0.39, 0.29) is 24.2 Å². The molecule has 0 saturated carbocycles. The molecule has 164 valence electrons. The standard InChI is InChI=1S/C24H27FN2O4/c25-21-6-2-1-5-20(21)24(11-15-30-16-12-24)23(29)26-18-7-9-19(10-8-18)31-17-22(28)27-13-3-4-14-27/h1-2,5-10H,3-4,11-17H2,(H,26,29). The number of benzene rings is 2. The summed E-state index contributed by atoms with van der Waals surface area (Å²) in [5.74, 6) is -0.0913. The maximum Gasteiger partial charge on any atom is 0.260 e. The number of hydrogen-bond acceptors (Lipinski definition) is 4. The van der Waals surface area contributed by atoms with E-state index in [1.165, 1.54) is 6.07 Å². The molecule has 2 aromatic carbocycles. The average Bonchev–Trinajstić information content (AvgIpc) is 3.34. The van der Waals surface area contributed by atoms with Crippen LogP contribution >= 0.6 is 0 Å². The summed E-state index contributed by atoms with van der Waals surface area (Å²) >= 11 is 0. The topological polar surface area (TPSA) is 67.9 Å². The van der Waals surface area contributed by atoms with Crippen molar-refractivity contribution in [2.75, 3.05) is 38.2 Å². The molecule has 4 rings (SSSR count). The minimum atomic E-state index is -0.971. The number of carbonyl (C=O) groups excluding carboxylic acids is 2. The molecule has 1 N–H and O–H groups in total. The maximum atomic E-state index is 14.6. The molecule has 0 aromatic heterocycles. The Balaban J connectivity index is 1.42. The van der Waals surface area contributed by atoms with Gasteiger partial charge in [0.25, 0.3) is 5.91 Å². The molecule has 2 heterocycles. The van der Waals surface area contributed by atoms with Crippen molar-refractivity contribution < 1.29 is 23.5 Å². The van der Waals surface area contributed by atoms with Crippen molar-refractivity contribution in [3.8, 4) is 5.75 Å². The highest BCUT2D eigenvalue weighted by atomic mass is 19.1. The first kappa shape index (κ1) is 21.3. The van der Waals surface area contributed by atoms with E-state index in [4.69, 9.17) is 9.47 Å². The van der Waals surface area contributed by atoms with Crippen LogP contribution in [0.2, 0.25) is 0 Å². The van der Waals surface area contributed by atoms with Crippen molar-refractivity contribution in [3.05, 3.63) is 59.9 Å². The highest BCUT2D eigenvalue weighted by molar-refractivity contribution is 5.99. The minimum absolute atomic E-state index is 0.00208. The van der Waals surface area contributed by atoms with Gasteiger partial charge in [-0.15, -0.1) is 0 Å². The number of nitrogens with one attached hydrogen (secondary N) is 1. The zero-order valence-corrected chi connectivity index (χ0v) is 17.4. The summed E-state index contributed by atoms with van der Waals surface area (Å²) in [6, 6.07) is 13.3. The van der Waals surface area contributed by atoms with E-state index in [1.54, 1.807) is 42.5 Å². The smallest absolute Gasteiger partial charge is 0.260 e. The fraction of sp³-hybridized carbons (Fsp3) is 0.417. The van der Waals surface area contributed by atoms with Crippen LogP contribution in [0.25, 0.3) is 0 Å². The fourth-order valence-electron chi connectivity index (χ4n) is 4.28. The Bertz CT molecular complexity index is 919. The zero-order valence-electron chi connectivity index (χ0n) is 17.4. The lowest BCUT2D eigenvalue weighted by Crippen LogP contribution is -2.45. The van der Waals surface area contributed by atoms with E-state index < -0.39 is 5.41 Å². The lowest BCUT2D eigenvalue weighted by atomic mass is 9.73. The molecule has 0 atom stereocenters. The Kier molecular flexibility index (Phi) is 6.51. The molecule has 0 radical (unpaired) electrons. The first-order valence-electron chi connectivity index (χ1n) is 10.7. The van der Waals surface area contributed by atoms with Crippen molar-refractivity contribution in [2.24, 2.45) is 0 Å². The summed E-state index contributed by atoms with van der Waals surface area (Å²) in [5, 5.41) is 2.92. The molecule has 0 spiro atoms. The molecule has 2 amide bonds. The summed E-state index contributed by atoms with van der Waals surface area (Å²) in [5.41, 5.74) is 0.0163. The molecule has 2 fully saturated rings. The van der Waals surface area contributed by atoms with Gasteiger partial charge in [0.15, 0.2) is 6.61 Å². The van der Waals surface area contributed by atoms with Gasteiger partial charge >= 0.3 is 0 Å². The lowest BCUT2D eigenvalue weighted by molar-refractivity contribution is -0.132. The third-order valence-corrected chi connectivity index (χ3v) is 6.10. The number of carbonyl (C=O) groups is 2. The second-order valence-electron chi connectivity index (χ2n) is 8.03. The van der Waals surface area contributed by atoms with Crippen molar-refractivity contribution in [1.29, 1.82) is 0 Å². The Morgan fingerprint density at radius 1 is 1.03 bits per heavy atom. The quantitative estimate of drug-likeness (QED) is 0.768. The van der Waals surface area contributed by atoms with E-state index >= 15 is 0 Å². The molecule has 2 aliphatic rings. The van der Waals surface area contributed by atoms with Crippen molar-refractivity contribution in [2.45, 2.75) is 31.1 Å². The highest BCUT2D eigenvalue weighted by Gasteiger charge is 2.43. The van der Waals surface area contributed by atoms with Crippen LogP contribution in [-0.2, 0) is 19.7 Å². The number of likely N-dealkylation sites (tertiary alicyclic amines) is 1. The van der Waals surface area contributed by atoms with Gasteiger partial charge in [-0.05, 0) is 56.0 Å². The molecule has 0 aliphatic carbocycles. The number of halogens is 1. The molecule has 2 aromatic rings. The first-order chi connectivity index (χ1) is 15.1. The Labute approximate surface area is 181 Å². The number of nitrogens with zero attached hydrogens (tertiary/aromatic N) is 1. The largest absolute Gasteiger partial charge is 0.484 e. The number of rotatable bonds is 6. The van der Waals surface area contributed by atoms with E-state index in [9.17, 15) is 14.0 Å². The van der Waals surface area contributed by atoms with Crippen LogP contribution in [0.3, 0.4) is 0 Å². The molecule has 31 heavy (non-hydrogen) atoms. The second-order valence-corrected chi connectivity index (χ2v) is 8.03. The maximum absolute atomic E-state index is 14.6. The predicted octanol–water partition coefficient (Wildman–Crippen LogP) is 3.51. The number of amides is 2. The molecule has 0 bridgehead atoms. The van der Waals surface area contributed by atoms with Crippen LogP contribution in [-0.4, -0.2) is 49.6 Å². The van der Waals surface area contributed by atoms with Gasteiger partial charge in [-0.1, -0.05) is 18.2 Å². The third kappa shape index (κ3) is 4.71. The molecule has 0 unspecified atom stereocenters. The number of anilines is 1. The third-order valence-electron chi connectivity index (χ3n) is 6.10. The van der Waals surface area contributed by atoms with Crippen molar-refractivity contribution in [1.82, 2.24) is 4.90 Å². The van der Waals surface area contributed by atoms with Gasteiger partial charge in [0, 0.05) is 37.6 Å². The minimum Gasteiger partial charge on any atom is -0.484 e. The Hall–Kier alpha value is -2.93. The summed E-state index contributed by atoms with van der Waals surface area (Å²) in [7, 11) is 0. The van der Waals surface area contributed by atoms with Gasteiger partial charge in [-0.3, -0.25) is 9.59 Å². The predicted molar refractivity (Wildman–Crippen MR) is 115 cm³/mol. The SMILES string of the molecule is O=C(COc1ccc(NC(=O)C2(c3ccccc3F)CCOCC2)cc1)N1CCCC1. The van der Waals surface area contributed by atoms with Gasteiger partial charge in [0.1, 0.15) is 11.6 Å². The van der Waals surface area contributed by atoms with Crippen LogP contribution in [0.1, 0.15) is 31.2 Å². The summed E-state index contributed by atoms with van der Waals surface area (Å²) in [6.07, 6.45) is 2.92. The molecular formula is C24H27FN2O4. The lowest BCUT2D eigenvalue weighted by Gasteiger charge is -2.36. The normalized spacial score (nSPS) is 17.9. The second kappa shape index (κ2) is 9.47. The van der Waals surface area contributed by atoms with Crippen LogP contribution in [0.4, 0.5) is 10.1 Å². The van der Waals surface area contributed by atoms with Crippen LogP contribution < -0.4 is 10.1 Å². The fourth-order valence-corrected chi connectivity index (χ4v) is 4.28. The number of ether oxygens (including phenoxy) is 2. The molecular weight excluding hydrogens is 399 g/mol. The molecule has 2 saturated heterocycles. The van der Waals surface area contributed by atoms with Gasteiger partial charge in [0.05, 0.1) is 5.41 Å². The van der Waals surface area contributed by atoms with E-state index in [2.05, 4.69) is 5.32 Å². The molecule has 7 heteroatoms. The Morgan fingerprint density at radius 2 is 1.71 bits per heavy atom.